The van der Waals surface area contributed by atoms with Crippen molar-refractivity contribution >= 4 is 32.4 Å². The molecular formula is C24H29N3O5S2. The van der Waals surface area contributed by atoms with Gasteiger partial charge in [-0.2, -0.15) is 4.31 Å². The average Bonchev–Trinajstić information content (AvgIpc) is 3.32. The predicted molar refractivity (Wildman–Crippen MR) is 134 cm³/mol. The van der Waals surface area contributed by atoms with Crippen LogP contribution in [0.1, 0.15) is 37.0 Å². The molecule has 1 N–H and O–H groups in total. The van der Waals surface area contributed by atoms with Gasteiger partial charge in [-0.3, -0.25) is 10.1 Å². The van der Waals surface area contributed by atoms with E-state index < -0.39 is 10.0 Å². The van der Waals surface area contributed by atoms with Gasteiger partial charge >= 0.3 is 0 Å². The molecule has 1 amide bonds. The molecule has 34 heavy (non-hydrogen) atoms. The van der Waals surface area contributed by atoms with Crippen LogP contribution < -0.4 is 14.8 Å². The van der Waals surface area contributed by atoms with Crippen LogP contribution >= 0.6 is 11.3 Å². The number of methoxy groups -OCH3 is 2. The van der Waals surface area contributed by atoms with E-state index in [-0.39, 0.29) is 10.8 Å². The van der Waals surface area contributed by atoms with Crippen molar-refractivity contribution in [2.24, 2.45) is 0 Å². The SMILES string of the molecule is CCCCN(CC)S(=O)(=O)c1ccc(C(=O)Nc2nc(-c3ccc(OC)c(OC)c3)cs2)cc1. The minimum Gasteiger partial charge on any atom is -0.493 e. The first-order chi connectivity index (χ1) is 16.3. The maximum absolute atomic E-state index is 12.9. The number of aromatic nitrogens is 1. The highest BCUT2D eigenvalue weighted by molar-refractivity contribution is 7.89. The molecule has 3 rings (SSSR count). The number of amides is 1. The Bertz CT molecular complexity index is 1220. The minimum atomic E-state index is -3.59. The summed E-state index contributed by atoms with van der Waals surface area (Å²) < 4.78 is 37.8. The third kappa shape index (κ3) is 5.75. The molecule has 1 aromatic heterocycles. The number of benzene rings is 2. The standard InChI is InChI=1S/C24H29N3O5S2/c1-5-7-14-27(6-2)34(29,30)19-11-8-17(9-12-19)23(28)26-24-25-20(16-33-24)18-10-13-21(31-3)22(15-18)32-4/h8-13,15-16H,5-7,14H2,1-4H3,(H,25,26,28). The highest BCUT2D eigenvalue weighted by atomic mass is 32.2. The van der Waals surface area contributed by atoms with Gasteiger partial charge in [0.15, 0.2) is 16.6 Å². The Morgan fingerprint density at radius 3 is 2.38 bits per heavy atom. The first-order valence-corrected chi connectivity index (χ1v) is 13.3. The van der Waals surface area contributed by atoms with Crippen molar-refractivity contribution in [3.63, 3.8) is 0 Å². The van der Waals surface area contributed by atoms with Crippen LogP contribution in [-0.4, -0.2) is 50.9 Å². The number of carbonyl (C=O) groups excluding carboxylic acids is 1. The fraction of sp³-hybridized carbons (Fsp3) is 0.333. The second kappa shape index (κ2) is 11.5. The average molecular weight is 504 g/mol. The smallest absolute Gasteiger partial charge is 0.257 e. The van der Waals surface area contributed by atoms with Crippen molar-refractivity contribution in [3.05, 3.63) is 53.4 Å². The number of sulfonamides is 1. The van der Waals surface area contributed by atoms with Crippen molar-refractivity contribution < 1.29 is 22.7 Å². The number of rotatable bonds is 11. The van der Waals surface area contributed by atoms with Crippen molar-refractivity contribution in [3.8, 4) is 22.8 Å². The number of hydrogen-bond acceptors (Lipinski definition) is 7. The number of nitrogens with zero attached hydrogens (tertiary/aromatic N) is 2. The van der Waals surface area contributed by atoms with Crippen molar-refractivity contribution in [2.75, 3.05) is 32.6 Å². The number of nitrogens with one attached hydrogen (secondary N) is 1. The minimum absolute atomic E-state index is 0.173. The molecule has 0 aliphatic heterocycles. The molecule has 182 valence electrons. The summed E-state index contributed by atoms with van der Waals surface area (Å²) in [5, 5.41) is 5.04. The van der Waals surface area contributed by atoms with Crippen LogP contribution in [0.5, 0.6) is 11.5 Å². The summed E-state index contributed by atoms with van der Waals surface area (Å²) in [4.78, 5) is 17.4. The fourth-order valence-corrected chi connectivity index (χ4v) is 5.54. The first-order valence-electron chi connectivity index (χ1n) is 10.9. The Morgan fingerprint density at radius 1 is 1.06 bits per heavy atom. The number of ether oxygens (including phenoxy) is 2. The summed E-state index contributed by atoms with van der Waals surface area (Å²) in [6.45, 7) is 4.72. The first kappa shape index (κ1) is 25.7. The van der Waals surface area contributed by atoms with Crippen LogP contribution in [0.2, 0.25) is 0 Å². The Hall–Kier alpha value is -2.95. The highest BCUT2D eigenvalue weighted by Gasteiger charge is 2.23. The zero-order chi connectivity index (χ0) is 24.7. The molecule has 0 fully saturated rings. The predicted octanol–water partition coefficient (Wildman–Crippen LogP) is 4.89. The van der Waals surface area contributed by atoms with Gasteiger partial charge in [0.25, 0.3) is 5.91 Å². The topological polar surface area (TPSA) is 97.8 Å². The fourth-order valence-electron chi connectivity index (χ4n) is 3.34. The van der Waals surface area contributed by atoms with E-state index in [4.69, 9.17) is 9.47 Å². The van der Waals surface area contributed by atoms with E-state index in [9.17, 15) is 13.2 Å². The van der Waals surface area contributed by atoms with E-state index in [2.05, 4.69) is 10.3 Å². The molecule has 0 atom stereocenters. The Morgan fingerprint density at radius 2 is 1.76 bits per heavy atom. The molecule has 0 saturated carbocycles. The maximum Gasteiger partial charge on any atom is 0.257 e. The Kier molecular flexibility index (Phi) is 8.65. The number of unbranched alkanes of at least 4 members (excludes halogenated alkanes) is 1. The molecule has 1 heterocycles. The van der Waals surface area contributed by atoms with Gasteiger partial charge in [-0.1, -0.05) is 20.3 Å². The third-order valence-electron chi connectivity index (χ3n) is 5.27. The Balaban J connectivity index is 1.72. The number of hydrogen-bond donors (Lipinski definition) is 1. The van der Waals surface area contributed by atoms with Gasteiger partial charge in [0.1, 0.15) is 0 Å². The van der Waals surface area contributed by atoms with E-state index in [0.717, 1.165) is 18.4 Å². The number of carbonyl (C=O) groups is 1. The molecule has 3 aromatic rings. The van der Waals surface area contributed by atoms with Gasteiger partial charge in [-0.25, -0.2) is 13.4 Å². The molecule has 0 unspecified atom stereocenters. The molecule has 0 aliphatic carbocycles. The summed E-state index contributed by atoms with van der Waals surface area (Å²) >= 11 is 1.29. The zero-order valence-electron chi connectivity index (χ0n) is 19.7. The second-order valence-electron chi connectivity index (χ2n) is 7.44. The number of thiazole rings is 1. The summed E-state index contributed by atoms with van der Waals surface area (Å²) in [7, 11) is -0.454. The lowest BCUT2D eigenvalue weighted by molar-refractivity contribution is 0.102. The molecule has 8 nitrogen and oxygen atoms in total. The van der Waals surface area contributed by atoms with Gasteiger partial charge in [-0.05, 0) is 48.9 Å². The van der Waals surface area contributed by atoms with Crippen LogP contribution in [0, 0.1) is 0 Å². The quantitative estimate of drug-likeness (QED) is 0.400. The lowest BCUT2D eigenvalue weighted by atomic mass is 10.1. The summed E-state index contributed by atoms with van der Waals surface area (Å²) in [6, 6.07) is 11.4. The third-order valence-corrected chi connectivity index (χ3v) is 8.02. The number of anilines is 1. The molecular weight excluding hydrogens is 474 g/mol. The van der Waals surface area contributed by atoms with E-state index in [1.807, 2.05) is 31.4 Å². The molecule has 2 aromatic carbocycles. The van der Waals surface area contributed by atoms with Crippen LogP contribution in [0.3, 0.4) is 0 Å². The molecule has 0 radical (unpaired) electrons. The lowest BCUT2D eigenvalue weighted by Crippen LogP contribution is -2.31. The van der Waals surface area contributed by atoms with Crippen molar-refractivity contribution in [1.29, 1.82) is 0 Å². The van der Waals surface area contributed by atoms with Gasteiger partial charge in [0, 0.05) is 29.6 Å². The van der Waals surface area contributed by atoms with Crippen LogP contribution in [-0.2, 0) is 10.0 Å². The summed E-state index contributed by atoms with van der Waals surface area (Å²) in [5.41, 5.74) is 1.86. The van der Waals surface area contributed by atoms with Crippen molar-refractivity contribution in [1.82, 2.24) is 9.29 Å². The van der Waals surface area contributed by atoms with Gasteiger partial charge < -0.3 is 9.47 Å². The largest absolute Gasteiger partial charge is 0.493 e. The second-order valence-corrected chi connectivity index (χ2v) is 10.2. The van der Waals surface area contributed by atoms with E-state index in [1.54, 1.807) is 20.3 Å². The molecule has 0 bridgehead atoms. The normalized spacial score (nSPS) is 11.4. The highest BCUT2D eigenvalue weighted by Crippen LogP contribution is 2.33. The van der Waals surface area contributed by atoms with Crippen LogP contribution in [0.25, 0.3) is 11.3 Å². The zero-order valence-corrected chi connectivity index (χ0v) is 21.3. The van der Waals surface area contributed by atoms with E-state index in [1.165, 1.54) is 39.9 Å². The van der Waals surface area contributed by atoms with Crippen molar-refractivity contribution in [2.45, 2.75) is 31.6 Å². The van der Waals surface area contributed by atoms with Gasteiger partial charge in [0.05, 0.1) is 24.8 Å². The summed E-state index contributed by atoms with van der Waals surface area (Å²) in [5.74, 6) is 0.841. The van der Waals surface area contributed by atoms with Gasteiger partial charge in [-0.15, -0.1) is 11.3 Å². The maximum atomic E-state index is 12.9. The van der Waals surface area contributed by atoms with E-state index in [0.29, 0.717) is 41.0 Å². The van der Waals surface area contributed by atoms with Gasteiger partial charge in [0.2, 0.25) is 10.0 Å². The molecule has 0 saturated heterocycles. The van der Waals surface area contributed by atoms with E-state index >= 15 is 0 Å². The monoisotopic (exact) mass is 503 g/mol. The summed E-state index contributed by atoms with van der Waals surface area (Å²) in [6.07, 6.45) is 1.71. The van der Waals surface area contributed by atoms with Crippen LogP contribution in [0.4, 0.5) is 5.13 Å². The molecule has 0 aliphatic rings. The molecule has 10 heteroatoms. The Labute approximate surface area is 204 Å². The molecule has 0 spiro atoms. The van der Waals surface area contributed by atoms with Crippen LogP contribution in [0.15, 0.2) is 52.7 Å². The lowest BCUT2D eigenvalue weighted by Gasteiger charge is -2.20.